The van der Waals surface area contributed by atoms with E-state index in [1.165, 1.54) is 0 Å². The lowest BCUT2D eigenvalue weighted by atomic mass is 9.78. The molecule has 5 nitrogen and oxygen atoms in total. The Morgan fingerprint density at radius 3 is 1.92 bits per heavy atom. The van der Waals surface area contributed by atoms with Crippen molar-refractivity contribution in [2.45, 2.75) is 66.6 Å². The van der Waals surface area contributed by atoms with Crippen molar-refractivity contribution in [3.05, 3.63) is 72.9 Å². The maximum Gasteiger partial charge on any atom is 0.494 e. The van der Waals surface area contributed by atoms with E-state index in [0.717, 1.165) is 44.3 Å². The second-order valence-electron chi connectivity index (χ2n) is 9.43. The number of pyridine rings is 2. The first-order chi connectivity index (χ1) is 17.3. The molecule has 0 amide bonds. The average molecular weight is 481 g/mol. The topological polar surface area (TPSA) is 48.7 Å². The number of hydrogen-bond acceptors (Lipinski definition) is 4. The first-order valence-corrected chi connectivity index (χ1v) is 13.0. The van der Waals surface area contributed by atoms with Crippen molar-refractivity contribution in [2.75, 3.05) is 0 Å². The van der Waals surface area contributed by atoms with Gasteiger partial charge in [0.25, 0.3) is 0 Å². The van der Waals surface area contributed by atoms with Crippen molar-refractivity contribution in [1.82, 2.24) is 14.4 Å². The molecule has 5 aromatic rings. The molecule has 0 radical (unpaired) electrons. The second-order valence-corrected chi connectivity index (χ2v) is 9.43. The summed E-state index contributed by atoms with van der Waals surface area (Å²) in [6.45, 7) is 16.3. The number of aromatic nitrogens is 3. The molecule has 4 heterocycles. The zero-order valence-electron chi connectivity index (χ0n) is 22.7. The van der Waals surface area contributed by atoms with Crippen LogP contribution >= 0.6 is 0 Å². The van der Waals surface area contributed by atoms with Crippen LogP contribution in [0, 0.1) is 0 Å². The minimum absolute atomic E-state index is 0.359. The van der Waals surface area contributed by atoms with E-state index in [2.05, 4.69) is 70.2 Å². The summed E-state index contributed by atoms with van der Waals surface area (Å²) in [6, 6.07) is 22.7. The summed E-state index contributed by atoms with van der Waals surface area (Å²) in [6.07, 6.45) is 2.01. The Labute approximate surface area is 214 Å². The van der Waals surface area contributed by atoms with Crippen molar-refractivity contribution in [3.8, 4) is 11.3 Å². The molecular formula is C30H36BN3O2. The van der Waals surface area contributed by atoms with E-state index >= 15 is 0 Å². The molecule has 2 aromatic carbocycles. The lowest BCUT2D eigenvalue weighted by Gasteiger charge is -2.32. The number of hydrogen-bond donors (Lipinski definition) is 0. The van der Waals surface area contributed by atoms with Gasteiger partial charge >= 0.3 is 7.12 Å². The predicted molar refractivity (Wildman–Crippen MR) is 152 cm³/mol. The van der Waals surface area contributed by atoms with Crippen molar-refractivity contribution in [2.24, 2.45) is 0 Å². The molecule has 0 N–H and O–H groups in total. The Balaban J connectivity index is 0.000000726. The zero-order valence-corrected chi connectivity index (χ0v) is 22.7. The first kappa shape index (κ1) is 25.9. The fraction of sp³-hybridized carbons (Fsp3) is 0.333. The van der Waals surface area contributed by atoms with Gasteiger partial charge in [-0.3, -0.25) is 4.40 Å². The minimum atomic E-state index is -0.375. The third kappa shape index (κ3) is 4.29. The summed E-state index contributed by atoms with van der Waals surface area (Å²) in [5.74, 6) is 0. The third-order valence-electron chi connectivity index (χ3n) is 6.87. The number of nitrogens with zero attached hydrogens (tertiary/aromatic N) is 3. The molecule has 0 spiro atoms. The maximum atomic E-state index is 6.21. The fourth-order valence-corrected chi connectivity index (χ4v) is 4.33. The van der Waals surface area contributed by atoms with Crippen molar-refractivity contribution in [3.63, 3.8) is 0 Å². The molecule has 0 bridgehead atoms. The van der Waals surface area contributed by atoms with Gasteiger partial charge in [0.05, 0.1) is 16.9 Å². The van der Waals surface area contributed by atoms with Crippen LogP contribution in [0.4, 0.5) is 0 Å². The number of fused-ring (bicyclic) bond motifs is 5. The van der Waals surface area contributed by atoms with Crippen molar-refractivity contribution in [1.29, 1.82) is 0 Å². The summed E-state index contributed by atoms with van der Waals surface area (Å²) in [4.78, 5) is 9.91. The van der Waals surface area contributed by atoms with Crippen LogP contribution in [-0.4, -0.2) is 32.7 Å². The summed E-state index contributed by atoms with van der Waals surface area (Å²) < 4.78 is 14.5. The highest BCUT2D eigenvalue weighted by molar-refractivity contribution is 6.62. The number of benzene rings is 2. The fourth-order valence-electron chi connectivity index (χ4n) is 4.33. The van der Waals surface area contributed by atoms with Crippen molar-refractivity contribution >= 4 is 40.2 Å². The van der Waals surface area contributed by atoms with Crippen LogP contribution in [0.2, 0.25) is 0 Å². The lowest BCUT2D eigenvalue weighted by molar-refractivity contribution is 0.00578. The zero-order chi connectivity index (χ0) is 26.1. The first-order valence-electron chi connectivity index (χ1n) is 13.0. The highest BCUT2D eigenvalue weighted by atomic mass is 16.7. The van der Waals surface area contributed by atoms with Gasteiger partial charge in [-0.2, -0.15) is 0 Å². The Morgan fingerprint density at radius 1 is 0.694 bits per heavy atom. The number of rotatable bonds is 2. The molecule has 6 rings (SSSR count). The summed E-state index contributed by atoms with van der Waals surface area (Å²) >= 11 is 0. The van der Waals surface area contributed by atoms with Gasteiger partial charge in [0, 0.05) is 22.5 Å². The van der Waals surface area contributed by atoms with Gasteiger partial charge in [-0.1, -0.05) is 82.3 Å². The normalized spacial score (nSPS) is 15.9. The van der Waals surface area contributed by atoms with Crippen LogP contribution in [0.25, 0.3) is 38.8 Å². The smallest absolute Gasteiger partial charge is 0.399 e. The van der Waals surface area contributed by atoms with E-state index in [1.54, 1.807) is 0 Å². The molecule has 3 aromatic heterocycles. The molecule has 1 saturated heterocycles. The summed E-state index contributed by atoms with van der Waals surface area (Å²) in [5, 5.41) is 2.19. The molecular weight excluding hydrogens is 445 g/mol. The molecule has 1 aliphatic rings. The molecule has 0 aliphatic carbocycles. The Kier molecular flexibility index (Phi) is 7.21. The average Bonchev–Trinajstić information content (AvgIpc) is 3.39. The van der Waals surface area contributed by atoms with Crippen LogP contribution in [0.15, 0.2) is 72.9 Å². The highest BCUT2D eigenvalue weighted by Gasteiger charge is 2.51. The molecule has 6 heteroatoms. The van der Waals surface area contributed by atoms with E-state index in [1.807, 2.05) is 62.6 Å². The standard InChI is InChI=1S/C26H24BN3O2.2C2H6/c1-25(2)26(3,4)32-27(31-25)18-14-12-17(13-15-18)22-19-9-5-6-10-20(19)23-24(29-22)30-16-8-7-11-21(30)28-23;2*1-2/h5-16H,1-4H3;2*1-2H3. The third-order valence-corrected chi connectivity index (χ3v) is 6.87. The van der Waals surface area contributed by atoms with Crippen LogP contribution in [0.1, 0.15) is 55.4 Å². The van der Waals surface area contributed by atoms with Crippen LogP contribution in [0.5, 0.6) is 0 Å². The van der Waals surface area contributed by atoms with Gasteiger partial charge in [-0.05, 0) is 45.3 Å². The SMILES string of the molecule is CC.CC.CC1(C)OB(c2ccc(-c3nc4c(nc5ccccn54)c4ccccc34)cc2)OC1(C)C. The van der Waals surface area contributed by atoms with Crippen LogP contribution in [0.3, 0.4) is 0 Å². The summed E-state index contributed by atoms with van der Waals surface area (Å²) in [5.41, 5.74) is 4.97. The van der Waals surface area contributed by atoms with Gasteiger partial charge in [0.2, 0.25) is 0 Å². The van der Waals surface area contributed by atoms with Gasteiger partial charge in [-0.25, -0.2) is 9.97 Å². The minimum Gasteiger partial charge on any atom is -0.399 e. The second kappa shape index (κ2) is 10.0. The molecule has 0 unspecified atom stereocenters. The molecule has 1 aliphatic heterocycles. The van der Waals surface area contributed by atoms with Crippen LogP contribution in [-0.2, 0) is 9.31 Å². The van der Waals surface area contributed by atoms with E-state index in [4.69, 9.17) is 19.3 Å². The van der Waals surface area contributed by atoms with Crippen LogP contribution < -0.4 is 5.46 Å². The number of imidazole rings is 1. The predicted octanol–water partition coefficient (Wildman–Crippen LogP) is 7.05. The van der Waals surface area contributed by atoms with Crippen molar-refractivity contribution < 1.29 is 9.31 Å². The monoisotopic (exact) mass is 481 g/mol. The summed E-state index contributed by atoms with van der Waals surface area (Å²) in [7, 11) is -0.375. The van der Waals surface area contributed by atoms with Gasteiger partial charge in [0.1, 0.15) is 11.2 Å². The maximum absolute atomic E-state index is 6.21. The molecule has 1 fully saturated rings. The Bertz CT molecular complexity index is 1470. The molecule has 36 heavy (non-hydrogen) atoms. The van der Waals surface area contributed by atoms with E-state index < -0.39 is 0 Å². The van der Waals surface area contributed by atoms with E-state index in [9.17, 15) is 0 Å². The van der Waals surface area contributed by atoms with Gasteiger partial charge in [0.15, 0.2) is 5.65 Å². The quantitative estimate of drug-likeness (QED) is 0.254. The van der Waals surface area contributed by atoms with Gasteiger partial charge < -0.3 is 9.31 Å². The molecule has 186 valence electrons. The van der Waals surface area contributed by atoms with Gasteiger partial charge in [-0.15, -0.1) is 0 Å². The van der Waals surface area contributed by atoms with E-state index in [-0.39, 0.29) is 18.3 Å². The Hall–Kier alpha value is -3.22. The molecule has 0 atom stereocenters. The highest BCUT2D eigenvalue weighted by Crippen LogP contribution is 2.37. The largest absolute Gasteiger partial charge is 0.494 e. The molecule has 0 saturated carbocycles. The Morgan fingerprint density at radius 2 is 1.28 bits per heavy atom. The lowest BCUT2D eigenvalue weighted by Crippen LogP contribution is -2.41. The van der Waals surface area contributed by atoms with E-state index in [0.29, 0.717) is 0 Å².